The number of aryl methyl sites for hydroxylation is 2. The maximum Gasteiger partial charge on any atom is 0.0597 e. The molecule has 1 aromatic heterocycles. The van der Waals surface area contributed by atoms with Crippen LogP contribution in [0.4, 0.5) is 0 Å². The van der Waals surface area contributed by atoms with Gasteiger partial charge in [0.1, 0.15) is 0 Å². The molecule has 0 amide bonds. The molecule has 0 spiro atoms. The molecular weight excluding hydrogens is 238 g/mol. The molecule has 0 bridgehead atoms. The summed E-state index contributed by atoms with van der Waals surface area (Å²) in [6, 6.07) is 2.61. The van der Waals surface area contributed by atoms with Crippen molar-refractivity contribution >= 4 is 0 Å². The van der Waals surface area contributed by atoms with Crippen molar-refractivity contribution in [2.45, 2.75) is 58.1 Å². The van der Waals surface area contributed by atoms with Crippen LogP contribution in [0.25, 0.3) is 0 Å². The van der Waals surface area contributed by atoms with Crippen molar-refractivity contribution in [1.82, 2.24) is 15.1 Å². The second-order valence-corrected chi connectivity index (χ2v) is 5.51. The van der Waals surface area contributed by atoms with Gasteiger partial charge in [-0.25, -0.2) is 0 Å². The molecule has 1 aliphatic rings. The SMILES string of the molecule is CCNC(CCCC1CCCO1)c1cc(C)nn1C. The number of nitrogens with one attached hydrogen (secondary N) is 1. The molecule has 1 fully saturated rings. The maximum absolute atomic E-state index is 5.69. The number of nitrogens with zero attached hydrogens (tertiary/aromatic N) is 2. The topological polar surface area (TPSA) is 39.1 Å². The van der Waals surface area contributed by atoms with Gasteiger partial charge in [0.2, 0.25) is 0 Å². The highest BCUT2D eigenvalue weighted by atomic mass is 16.5. The molecule has 1 saturated heterocycles. The van der Waals surface area contributed by atoms with E-state index in [1.807, 2.05) is 11.7 Å². The van der Waals surface area contributed by atoms with Gasteiger partial charge in [-0.05, 0) is 51.6 Å². The molecule has 108 valence electrons. The van der Waals surface area contributed by atoms with E-state index in [9.17, 15) is 0 Å². The Hall–Kier alpha value is -0.870. The van der Waals surface area contributed by atoms with E-state index in [-0.39, 0.29) is 0 Å². The van der Waals surface area contributed by atoms with Gasteiger partial charge >= 0.3 is 0 Å². The standard InChI is InChI=1S/C15H27N3O/c1-4-16-14(15-11-12(2)17-18(15)3)9-5-7-13-8-6-10-19-13/h11,13-14,16H,4-10H2,1-3H3. The minimum absolute atomic E-state index is 0.414. The van der Waals surface area contributed by atoms with Gasteiger partial charge in [0.25, 0.3) is 0 Å². The molecule has 4 heteroatoms. The van der Waals surface area contributed by atoms with E-state index in [1.165, 1.54) is 31.4 Å². The molecule has 0 aliphatic carbocycles. The Morgan fingerprint density at radius 2 is 2.42 bits per heavy atom. The Balaban J connectivity index is 1.86. The zero-order valence-corrected chi connectivity index (χ0v) is 12.5. The lowest BCUT2D eigenvalue weighted by Crippen LogP contribution is -2.23. The van der Waals surface area contributed by atoms with Crippen LogP contribution in [0.15, 0.2) is 6.07 Å². The zero-order chi connectivity index (χ0) is 13.7. The van der Waals surface area contributed by atoms with Gasteiger partial charge in [0, 0.05) is 19.7 Å². The fraction of sp³-hybridized carbons (Fsp3) is 0.800. The normalized spacial score (nSPS) is 20.9. The van der Waals surface area contributed by atoms with Crippen LogP contribution in [-0.2, 0) is 11.8 Å². The van der Waals surface area contributed by atoms with Crippen LogP contribution in [0.3, 0.4) is 0 Å². The molecule has 2 atom stereocenters. The number of ether oxygens (including phenoxy) is 1. The van der Waals surface area contributed by atoms with Crippen molar-refractivity contribution < 1.29 is 4.74 Å². The Kier molecular flexibility index (Phi) is 5.40. The summed E-state index contributed by atoms with van der Waals surface area (Å²) in [5.41, 5.74) is 2.39. The zero-order valence-electron chi connectivity index (χ0n) is 12.5. The van der Waals surface area contributed by atoms with Crippen molar-refractivity contribution in [2.75, 3.05) is 13.2 Å². The van der Waals surface area contributed by atoms with E-state index in [0.29, 0.717) is 12.1 Å². The predicted molar refractivity (Wildman–Crippen MR) is 77.2 cm³/mol. The van der Waals surface area contributed by atoms with E-state index in [0.717, 1.165) is 25.3 Å². The highest BCUT2D eigenvalue weighted by Crippen LogP contribution is 2.23. The van der Waals surface area contributed by atoms with Crippen LogP contribution in [0.1, 0.15) is 56.5 Å². The van der Waals surface area contributed by atoms with Gasteiger partial charge in [-0.15, -0.1) is 0 Å². The van der Waals surface area contributed by atoms with E-state index in [2.05, 4.69) is 30.3 Å². The van der Waals surface area contributed by atoms with Gasteiger partial charge in [-0.2, -0.15) is 5.10 Å². The van der Waals surface area contributed by atoms with Gasteiger partial charge in [-0.3, -0.25) is 4.68 Å². The number of aromatic nitrogens is 2. The summed E-state index contributed by atoms with van der Waals surface area (Å²) >= 11 is 0. The van der Waals surface area contributed by atoms with Gasteiger partial charge in [-0.1, -0.05) is 6.92 Å². The number of hydrogen-bond acceptors (Lipinski definition) is 3. The summed E-state index contributed by atoms with van der Waals surface area (Å²) in [4.78, 5) is 0. The first kappa shape index (κ1) is 14.5. The van der Waals surface area contributed by atoms with E-state index >= 15 is 0 Å². The molecule has 0 radical (unpaired) electrons. The molecule has 4 nitrogen and oxygen atoms in total. The number of rotatable bonds is 7. The molecule has 0 aromatic carbocycles. The smallest absolute Gasteiger partial charge is 0.0597 e. The van der Waals surface area contributed by atoms with Crippen LogP contribution in [-0.4, -0.2) is 29.0 Å². The minimum atomic E-state index is 0.414. The quantitative estimate of drug-likeness (QED) is 0.824. The predicted octanol–water partition coefficient (Wildman–Crippen LogP) is 2.73. The molecule has 1 aromatic rings. The summed E-state index contributed by atoms with van der Waals surface area (Å²) in [7, 11) is 2.03. The molecule has 19 heavy (non-hydrogen) atoms. The first-order valence-corrected chi connectivity index (χ1v) is 7.56. The van der Waals surface area contributed by atoms with Gasteiger partial charge < -0.3 is 10.1 Å². The molecule has 1 N–H and O–H groups in total. The third kappa shape index (κ3) is 4.05. The lowest BCUT2D eigenvalue weighted by atomic mass is 10.0. The monoisotopic (exact) mass is 265 g/mol. The molecular formula is C15H27N3O. The third-order valence-corrected chi connectivity index (χ3v) is 3.89. The lowest BCUT2D eigenvalue weighted by Gasteiger charge is -2.19. The Labute approximate surface area is 116 Å². The van der Waals surface area contributed by atoms with E-state index in [4.69, 9.17) is 4.74 Å². The fourth-order valence-electron chi connectivity index (χ4n) is 2.98. The summed E-state index contributed by atoms with van der Waals surface area (Å²) in [6.45, 7) is 6.17. The largest absolute Gasteiger partial charge is 0.378 e. The first-order chi connectivity index (χ1) is 9.20. The Bertz CT molecular complexity index is 383. The molecule has 1 aliphatic heterocycles. The fourth-order valence-corrected chi connectivity index (χ4v) is 2.98. The molecule has 2 rings (SSSR count). The van der Waals surface area contributed by atoms with Crippen LogP contribution in [0.2, 0.25) is 0 Å². The minimum Gasteiger partial charge on any atom is -0.378 e. The van der Waals surface area contributed by atoms with E-state index < -0.39 is 0 Å². The lowest BCUT2D eigenvalue weighted by molar-refractivity contribution is 0.101. The molecule has 2 heterocycles. The van der Waals surface area contributed by atoms with Crippen molar-refractivity contribution in [3.8, 4) is 0 Å². The summed E-state index contributed by atoms with van der Waals surface area (Å²) in [6.07, 6.45) is 6.56. The Morgan fingerprint density at radius 1 is 1.58 bits per heavy atom. The van der Waals surface area contributed by atoms with Crippen molar-refractivity contribution in [3.63, 3.8) is 0 Å². The highest BCUT2D eigenvalue weighted by molar-refractivity contribution is 5.13. The van der Waals surface area contributed by atoms with Crippen LogP contribution in [0.5, 0.6) is 0 Å². The first-order valence-electron chi connectivity index (χ1n) is 7.56. The average Bonchev–Trinajstić information content (AvgIpc) is 2.98. The second kappa shape index (κ2) is 7.06. The van der Waals surface area contributed by atoms with E-state index in [1.54, 1.807) is 0 Å². The summed E-state index contributed by atoms with van der Waals surface area (Å²) in [5.74, 6) is 0. The summed E-state index contributed by atoms with van der Waals surface area (Å²) < 4.78 is 7.70. The molecule has 0 saturated carbocycles. The van der Waals surface area contributed by atoms with Gasteiger partial charge in [0.05, 0.1) is 17.5 Å². The Morgan fingerprint density at radius 3 is 3.00 bits per heavy atom. The second-order valence-electron chi connectivity index (χ2n) is 5.51. The number of hydrogen-bond donors (Lipinski definition) is 1. The van der Waals surface area contributed by atoms with Crippen molar-refractivity contribution in [2.24, 2.45) is 7.05 Å². The van der Waals surface area contributed by atoms with Crippen molar-refractivity contribution in [1.29, 1.82) is 0 Å². The van der Waals surface area contributed by atoms with Crippen LogP contribution in [0, 0.1) is 6.92 Å². The van der Waals surface area contributed by atoms with Crippen LogP contribution >= 0.6 is 0 Å². The molecule has 2 unspecified atom stereocenters. The maximum atomic E-state index is 5.69. The van der Waals surface area contributed by atoms with Crippen LogP contribution < -0.4 is 5.32 Å². The van der Waals surface area contributed by atoms with Gasteiger partial charge in [0.15, 0.2) is 0 Å². The van der Waals surface area contributed by atoms with Crippen molar-refractivity contribution in [3.05, 3.63) is 17.5 Å². The average molecular weight is 265 g/mol. The third-order valence-electron chi connectivity index (χ3n) is 3.89. The summed E-state index contributed by atoms with van der Waals surface area (Å²) in [5, 5.41) is 8.03. The highest BCUT2D eigenvalue weighted by Gasteiger charge is 2.18.